The number of hydrogen-bond acceptors (Lipinski definition) is 6. The Morgan fingerprint density at radius 2 is 2.21 bits per heavy atom. The van der Waals surface area contributed by atoms with Gasteiger partial charge in [-0.2, -0.15) is 5.26 Å². The summed E-state index contributed by atoms with van der Waals surface area (Å²) in [5.41, 5.74) is 0.554. The van der Waals surface area contributed by atoms with Gasteiger partial charge in [0.2, 0.25) is 0 Å². The number of nitrogens with one attached hydrogen (secondary N) is 1. The van der Waals surface area contributed by atoms with Gasteiger partial charge in [0, 0.05) is 5.56 Å². The number of ether oxygens (including phenoxy) is 2. The van der Waals surface area contributed by atoms with E-state index in [2.05, 4.69) is 9.97 Å². The Bertz CT molecular complexity index is 853. The normalized spacial score (nSPS) is 13.4. The van der Waals surface area contributed by atoms with Crippen molar-refractivity contribution >= 4 is 11.8 Å². The molecule has 1 aliphatic rings. The number of benzene rings is 1. The van der Waals surface area contributed by atoms with E-state index in [-0.39, 0.29) is 5.56 Å². The highest BCUT2D eigenvalue weighted by atomic mass is 32.2. The zero-order chi connectivity index (χ0) is 17.1. The Hall–Kier alpha value is -2.46. The third-order valence-corrected chi connectivity index (χ3v) is 4.39. The topological polar surface area (TPSA) is 88.0 Å². The molecule has 0 saturated heterocycles. The molecule has 0 atom stereocenters. The lowest BCUT2D eigenvalue weighted by atomic mass is 10.1. The molecule has 1 heterocycles. The first-order chi connectivity index (χ1) is 11.7. The highest BCUT2D eigenvalue weighted by Crippen LogP contribution is 2.35. The highest BCUT2D eigenvalue weighted by molar-refractivity contribution is 7.98. The molecule has 0 radical (unpaired) electrons. The molecule has 1 fully saturated rings. The molecule has 1 aromatic heterocycles. The van der Waals surface area contributed by atoms with Gasteiger partial charge in [0.1, 0.15) is 11.6 Å². The summed E-state index contributed by atoms with van der Waals surface area (Å²) in [6, 6.07) is 7.24. The van der Waals surface area contributed by atoms with Crippen LogP contribution in [0.1, 0.15) is 18.4 Å². The van der Waals surface area contributed by atoms with Crippen LogP contribution in [0.3, 0.4) is 0 Å². The lowest BCUT2D eigenvalue weighted by Crippen LogP contribution is -2.14. The van der Waals surface area contributed by atoms with Crippen molar-refractivity contribution < 1.29 is 9.47 Å². The van der Waals surface area contributed by atoms with Gasteiger partial charge in [-0.1, -0.05) is 11.8 Å². The second-order valence-electron chi connectivity index (χ2n) is 5.53. The van der Waals surface area contributed by atoms with Crippen molar-refractivity contribution in [2.45, 2.75) is 18.0 Å². The SMILES string of the molecule is COc1ccc(-c2nc(SC)[nH]c(=O)c2C#N)cc1OCC1CC1. The molecule has 1 saturated carbocycles. The molecule has 124 valence electrons. The summed E-state index contributed by atoms with van der Waals surface area (Å²) in [5.74, 6) is 1.82. The van der Waals surface area contributed by atoms with Crippen LogP contribution in [-0.4, -0.2) is 29.9 Å². The smallest absolute Gasteiger partial charge is 0.270 e. The van der Waals surface area contributed by atoms with Crippen LogP contribution in [-0.2, 0) is 0 Å². The number of methoxy groups -OCH3 is 1. The summed E-state index contributed by atoms with van der Waals surface area (Å²) < 4.78 is 11.2. The highest BCUT2D eigenvalue weighted by Gasteiger charge is 2.23. The van der Waals surface area contributed by atoms with Crippen molar-refractivity contribution in [2.75, 3.05) is 20.0 Å². The first-order valence-electron chi connectivity index (χ1n) is 7.56. The van der Waals surface area contributed by atoms with E-state index in [9.17, 15) is 10.1 Å². The van der Waals surface area contributed by atoms with E-state index < -0.39 is 5.56 Å². The van der Waals surface area contributed by atoms with E-state index in [4.69, 9.17) is 9.47 Å². The van der Waals surface area contributed by atoms with Crippen molar-refractivity contribution in [2.24, 2.45) is 5.92 Å². The monoisotopic (exact) mass is 343 g/mol. The lowest BCUT2D eigenvalue weighted by molar-refractivity contribution is 0.280. The van der Waals surface area contributed by atoms with E-state index in [0.29, 0.717) is 40.4 Å². The Kier molecular flexibility index (Phi) is 4.76. The summed E-state index contributed by atoms with van der Waals surface area (Å²) in [7, 11) is 1.58. The van der Waals surface area contributed by atoms with Crippen LogP contribution in [0.25, 0.3) is 11.3 Å². The fraction of sp³-hybridized carbons (Fsp3) is 0.353. The Morgan fingerprint density at radius 3 is 2.83 bits per heavy atom. The molecular formula is C17H17N3O3S. The fourth-order valence-corrected chi connectivity index (χ4v) is 2.67. The predicted molar refractivity (Wildman–Crippen MR) is 91.6 cm³/mol. The second kappa shape index (κ2) is 6.97. The summed E-state index contributed by atoms with van der Waals surface area (Å²) in [6.07, 6.45) is 4.19. The molecule has 6 nitrogen and oxygen atoms in total. The van der Waals surface area contributed by atoms with Gasteiger partial charge in [0.25, 0.3) is 5.56 Å². The Morgan fingerprint density at radius 1 is 1.42 bits per heavy atom. The lowest BCUT2D eigenvalue weighted by Gasteiger charge is -2.12. The van der Waals surface area contributed by atoms with Gasteiger partial charge in [-0.3, -0.25) is 4.79 Å². The molecule has 1 aliphatic carbocycles. The molecule has 0 spiro atoms. The maximum absolute atomic E-state index is 12.1. The van der Waals surface area contributed by atoms with E-state index in [1.807, 2.05) is 12.3 Å². The van der Waals surface area contributed by atoms with E-state index >= 15 is 0 Å². The number of H-pyrrole nitrogens is 1. The predicted octanol–water partition coefficient (Wildman–Crippen LogP) is 2.83. The van der Waals surface area contributed by atoms with E-state index in [0.717, 1.165) is 0 Å². The molecular weight excluding hydrogens is 326 g/mol. The van der Waals surface area contributed by atoms with Gasteiger partial charge < -0.3 is 14.5 Å². The molecule has 2 aromatic rings. The average Bonchev–Trinajstić information content (AvgIpc) is 3.43. The number of nitriles is 1. The molecule has 0 unspecified atom stereocenters. The maximum Gasteiger partial charge on any atom is 0.270 e. The van der Waals surface area contributed by atoms with Crippen molar-refractivity contribution in [1.29, 1.82) is 5.26 Å². The number of nitrogens with zero attached hydrogens (tertiary/aromatic N) is 2. The number of aromatic nitrogens is 2. The van der Waals surface area contributed by atoms with Crippen molar-refractivity contribution in [3.63, 3.8) is 0 Å². The fourth-order valence-electron chi connectivity index (χ4n) is 2.29. The van der Waals surface area contributed by atoms with E-state index in [1.165, 1.54) is 24.6 Å². The minimum atomic E-state index is -0.442. The number of hydrogen-bond donors (Lipinski definition) is 1. The van der Waals surface area contributed by atoms with Gasteiger partial charge in [0.15, 0.2) is 16.7 Å². The standard InChI is InChI=1S/C17H17N3O3S/c1-22-13-6-5-11(7-14(13)23-9-10-3-4-10)15-12(8-18)16(21)20-17(19-15)24-2/h5-7,10H,3-4,9H2,1-2H3,(H,19,20,21). The second-order valence-corrected chi connectivity index (χ2v) is 6.33. The summed E-state index contributed by atoms with van der Waals surface area (Å²) in [6.45, 7) is 0.643. The minimum absolute atomic E-state index is 0.00823. The summed E-state index contributed by atoms with van der Waals surface area (Å²) >= 11 is 1.31. The third-order valence-electron chi connectivity index (χ3n) is 3.81. The quantitative estimate of drug-likeness (QED) is 0.641. The summed E-state index contributed by atoms with van der Waals surface area (Å²) in [4.78, 5) is 19.0. The van der Waals surface area contributed by atoms with Crippen molar-refractivity contribution in [3.05, 3.63) is 34.1 Å². The minimum Gasteiger partial charge on any atom is -0.493 e. The van der Waals surface area contributed by atoms with Crippen LogP contribution in [0.2, 0.25) is 0 Å². The van der Waals surface area contributed by atoms with Gasteiger partial charge >= 0.3 is 0 Å². The van der Waals surface area contributed by atoms with Gasteiger partial charge in [-0.25, -0.2) is 4.98 Å². The Balaban J connectivity index is 2.05. The van der Waals surface area contributed by atoms with E-state index in [1.54, 1.807) is 25.3 Å². The average molecular weight is 343 g/mol. The van der Waals surface area contributed by atoms with Crippen LogP contribution in [0.15, 0.2) is 28.2 Å². The van der Waals surface area contributed by atoms with Gasteiger partial charge in [0.05, 0.1) is 19.4 Å². The van der Waals surface area contributed by atoms with Crippen LogP contribution >= 0.6 is 11.8 Å². The van der Waals surface area contributed by atoms with Gasteiger partial charge in [-0.05, 0) is 43.2 Å². The van der Waals surface area contributed by atoms with Crippen molar-refractivity contribution in [3.8, 4) is 28.8 Å². The van der Waals surface area contributed by atoms with Crippen molar-refractivity contribution in [1.82, 2.24) is 9.97 Å². The molecule has 0 bridgehead atoms. The molecule has 0 aliphatic heterocycles. The first kappa shape index (κ1) is 16.4. The molecule has 7 heteroatoms. The van der Waals surface area contributed by atoms with Gasteiger partial charge in [-0.15, -0.1) is 0 Å². The molecule has 3 rings (SSSR count). The molecule has 0 amide bonds. The number of rotatable bonds is 6. The molecule has 1 N–H and O–H groups in total. The summed E-state index contributed by atoms with van der Waals surface area (Å²) in [5, 5.41) is 9.77. The first-order valence-corrected chi connectivity index (χ1v) is 8.78. The largest absolute Gasteiger partial charge is 0.493 e. The maximum atomic E-state index is 12.1. The number of thioether (sulfide) groups is 1. The number of aromatic amines is 1. The van der Waals surface area contributed by atoms with Crippen LogP contribution in [0, 0.1) is 17.2 Å². The van der Waals surface area contributed by atoms with Crippen LogP contribution in [0.4, 0.5) is 0 Å². The molecule has 1 aromatic carbocycles. The van der Waals surface area contributed by atoms with Crippen LogP contribution in [0.5, 0.6) is 11.5 Å². The van der Waals surface area contributed by atoms with Crippen LogP contribution < -0.4 is 15.0 Å². The third kappa shape index (κ3) is 3.39. The molecule has 24 heavy (non-hydrogen) atoms. The zero-order valence-corrected chi connectivity index (χ0v) is 14.3. The Labute approximate surface area is 143 Å². The zero-order valence-electron chi connectivity index (χ0n) is 13.5.